The molecular weight excluding hydrogens is 274 g/mol. The summed E-state index contributed by atoms with van der Waals surface area (Å²) in [6, 6.07) is 4.80. The van der Waals surface area contributed by atoms with E-state index in [0.29, 0.717) is 11.3 Å². The molecule has 1 N–H and O–H groups in total. The first-order chi connectivity index (χ1) is 9.19. The summed E-state index contributed by atoms with van der Waals surface area (Å²) < 4.78 is 5.67. The molecule has 0 saturated carbocycles. The number of rotatable bonds is 4. The van der Waals surface area contributed by atoms with Gasteiger partial charge in [-0.2, -0.15) is 23.5 Å². The van der Waals surface area contributed by atoms with Crippen molar-refractivity contribution in [2.45, 2.75) is 25.1 Å². The van der Waals surface area contributed by atoms with Crippen molar-refractivity contribution in [1.82, 2.24) is 5.32 Å². The second-order valence-corrected chi connectivity index (χ2v) is 7.38. The summed E-state index contributed by atoms with van der Waals surface area (Å²) in [5, 5.41) is 4.12. The second kappa shape index (κ2) is 6.91. The van der Waals surface area contributed by atoms with Crippen molar-refractivity contribution in [3.05, 3.63) is 28.8 Å². The summed E-state index contributed by atoms with van der Waals surface area (Å²) in [7, 11) is 3.83. The molecule has 2 atom stereocenters. The molecule has 0 radical (unpaired) electrons. The largest absolute Gasteiger partial charge is 0.496 e. The number of methoxy groups -OCH3 is 1. The maximum absolute atomic E-state index is 5.67. The zero-order chi connectivity index (χ0) is 13.8. The zero-order valence-electron chi connectivity index (χ0n) is 12.2. The molecule has 1 aromatic rings. The Morgan fingerprint density at radius 2 is 2.11 bits per heavy atom. The van der Waals surface area contributed by atoms with Crippen molar-refractivity contribution in [2.24, 2.45) is 0 Å². The van der Waals surface area contributed by atoms with Crippen molar-refractivity contribution < 1.29 is 4.74 Å². The Kier molecular flexibility index (Phi) is 5.48. The van der Waals surface area contributed by atoms with E-state index in [2.05, 4.69) is 61.9 Å². The van der Waals surface area contributed by atoms with E-state index in [-0.39, 0.29) is 0 Å². The number of benzene rings is 1. The van der Waals surface area contributed by atoms with Gasteiger partial charge in [0, 0.05) is 34.1 Å². The van der Waals surface area contributed by atoms with Crippen LogP contribution in [-0.2, 0) is 0 Å². The molecule has 1 saturated heterocycles. The topological polar surface area (TPSA) is 21.3 Å². The molecule has 4 heteroatoms. The number of ether oxygens (including phenoxy) is 1. The Morgan fingerprint density at radius 3 is 2.68 bits per heavy atom. The maximum atomic E-state index is 5.67. The molecule has 1 aromatic carbocycles. The summed E-state index contributed by atoms with van der Waals surface area (Å²) >= 11 is 4.14. The van der Waals surface area contributed by atoms with Gasteiger partial charge in [-0.05, 0) is 32.0 Å². The van der Waals surface area contributed by atoms with Crippen LogP contribution in [0.15, 0.2) is 12.1 Å². The zero-order valence-corrected chi connectivity index (χ0v) is 13.8. The predicted octanol–water partition coefficient (Wildman–Crippen LogP) is 3.42. The summed E-state index contributed by atoms with van der Waals surface area (Å²) in [4.78, 5) is 0. The van der Waals surface area contributed by atoms with Crippen LogP contribution in [0.4, 0.5) is 0 Å². The first kappa shape index (κ1) is 15.1. The minimum atomic E-state index is 0.368. The molecule has 0 aliphatic carbocycles. The van der Waals surface area contributed by atoms with Gasteiger partial charge >= 0.3 is 0 Å². The SMILES string of the molecule is CNC(c1ccc(C)c(C)c1OC)C1CSCCS1. The standard InChI is InChI=1S/C15H23NOS2/c1-10-5-6-12(15(17-4)11(10)2)14(16-3)13-9-18-7-8-19-13/h5-6,13-14,16H,7-9H2,1-4H3. The monoisotopic (exact) mass is 297 g/mol. The van der Waals surface area contributed by atoms with Gasteiger partial charge in [0.05, 0.1) is 7.11 Å². The molecular formula is C15H23NOS2. The van der Waals surface area contributed by atoms with Gasteiger partial charge in [-0.15, -0.1) is 0 Å². The molecule has 0 aromatic heterocycles. The van der Waals surface area contributed by atoms with Crippen molar-refractivity contribution in [3.63, 3.8) is 0 Å². The molecule has 2 unspecified atom stereocenters. The molecule has 1 aliphatic rings. The minimum absolute atomic E-state index is 0.368. The third kappa shape index (κ3) is 3.23. The van der Waals surface area contributed by atoms with Crippen LogP contribution >= 0.6 is 23.5 Å². The Labute approximate surface area is 125 Å². The van der Waals surface area contributed by atoms with E-state index >= 15 is 0 Å². The fraction of sp³-hybridized carbons (Fsp3) is 0.600. The van der Waals surface area contributed by atoms with Gasteiger partial charge in [0.15, 0.2) is 0 Å². The van der Waals surface area contributed by atoms with Crippen LogP contribution in [-0.4, -0.2) is 36.7 Å². The van der Waals surface area contributed by atoms with Gasteiger partial charge in [-0.25, -0.2) is 0 Å². The van der Waals surface area contributed by atoms with Crippen molar-refractivity contribution >= 4 is 23.5 Å². The van der Waals surface area contributed by atoms with E-state index in [1.165, 1.54) is 33.9 Å². The normalized spacial score (nSPS) is 21.2. The quantitative estimate of drug-likeness (QED) is 0.919. The van der Waals surface area contributed by atoms with Crippen LogP contribution in [0.5, 0.6) is 5.75 Å². The predicted molar refractivity (Wildman–Crippen MR) is 87.8 cm³/mol. The minimum Gasteiger partial charge on any atom is -0.496 e. The van der Waals surface area contributed by atoms with Crippen LogP contribution in [0.1, 0.15) is 22.7 Å². The highest BCUT2D eigenvalue weighted by atomic mass is 32.2. The Bertz CT molecular complexity index is 430. The molecule has 0 amide bonds. The van der Waals surface area contributed by atoms with Gasteiger partial charge in [-0.3, -0.25) is 0 Å². The summed E-state index contributed by atoms with van der Waals surface area (Å²) in [5.41, 5.74) is 3.85. The van der Waals surface area contributed by atoms with Gasteiger partial charge < -0.3 is 10.1 Å². The molecule has 0 bridgehead atoms. The fourth-order valence-electron chi connectivity index (χ4n) is 2.57. The summed E-state index contributed by atoms with van der Waals surface area (Å²) in [5.74, 6) is 4.80. The van der Waals surface area contributed by atoms with Gasteiger partial charge in [0.2, 0.25) is 0 Å². The Hall–Kier alpha value is -0.320. The molecule has 19 heavy (non-hydrogen) atoms. The molecule has 0 spiro atoms. The van der Waals surface area contributed by atoms with Crippen LogP contribution in [0.25, 0.3) is 0 Å². The molecule has 2 nitrogen and oxygen atoms in total. The third-order valence-electron chi connectivity index (χ3n) is 3.77. The lowest BCUT2D eigenvalue weighted by Crippen LogP contribution is -2.32. The van der Waals surface area contributed by atoms with Crippen molar-refractivity contribution in [3.8, 4) is 5.75 Å². The highest BCUT2D eigenvalue weighted by Crippen LogP contribution is 2.38. The molecule has 106 valence electrons. The van der Waals surface area contributed by atoms with E-state index in [0.717, 1.165) is 5.75 Å². The Balaban J connectivity index is 2.34. The number of hydrogen-bond acceptors (Lipinski definition) is 4. The molecule has 1 aliphatic heterocycles. The third-order valence-corrected chi connectivity index (χ3v) is 6.63. The van der Waals surface area contributed by atoms with Gasteiger partial charge in [0.25, 0.3) is 0 Å². The van der Waals surface area contributed by atoms with Crippen LogP contribution in [0.3, 0.4) is 0 Å². The highest BCUT2D eigenvalue weighted by Gasteiger charge is 2.27. The number of hydrogen-bond donors (Lipinski definition) is 1. The van der Waals surface area contributed by atoms with Crippen LogP contribution in [0.2, 0.25) is 0 Å². The average molecular weight is 297 g/mol. The Morgan fingerprint density at radius 1 is 1.32 bits per heavy atom. The van der Waals surface area contributed by atoms with Crippen molar-refractivity contribution in [1.29, 1.82) is 0 Å². The first-order valence-corrected chi connectivity index (χ1v) is 8.90. The van der Waals surface area contributed by atoms with Crippen molar-refractivity contribution in [2.75, 3.05) is 31.4 Å². The average Bonchev–Trinajstić information content (AvgIpc) is 2.45. The lowest BCUT2D eigenvalue weighted by Gasteiger charge is -2.31. The van der Waals surface area contributed by atoms with E-state index in [1.807, 2.05) is 0 Å². The number of thioether (sulfide) groups is 2. The molecule has 1 heterocycles. The maximum Gasteiger partial charge on any atom is 0.126 e. The molecule has 2 rings (SSSR count). The van der Waals surface area contributed by atoms with Gasteiger partial charge in [-0.1, -0.05) is 12.1 Å². The summed E-state index contributed by atoms with van der Waals surface area (Å²) in [6.07, 6.45) is 0. The molecule has 1 fully saturated rings. The van der Waals surface area contributed by atoms with Crippen LogP contribution in [0, 0.1) is 13.8 Å². The number of aryl methyl sites for hydroxylation is 1. The van der Waals surface area contributed by atoms with Gasteiger partial charge in [0.1, 0.15) is 5.75 Å². The lowest BCUT2D eigenvalue weighted by atomic mass is 9.97. The van der Waals surface area contributed by atoms with E-state index < -0.39 is 0 Å². The number of nitrogens with one attached hydrogen (secondary N) is 1. The highest BCUT2D eigenvalue weighted by molar-refractivity contribution is 8.06. The van der Waals surface area contributed by atoms with E-state index in [1.54, 1.807) is 7.11 Å². The lowest BCUT2D eigenvalue weighted by molar-refractivity contribution is 0.398. The van der Waals surface area contributed by atoms with E-state index in [9.17, 15) is 0 Å². The smallest absolute Gasteiger partial charge is 0.126 e. The van der Waals surface area contributed by atoms with E-state index in [4.69, 9.17) is 4.74 Å². The summed E-state index contributed by atoms with van der Waals surface area (Å²) in [6.45, 7) is 4.29. The second-order valence-electron chi connectivity index (χ2n) is 4.88. The fourth-order valence-corrected chi connectivity index (χ4v) is 5.47. The van der Waals surface area contributed by atoms with Crippen LogP contribution < -0.4 is 10.1 Å². The first-order valence-electron chi connectivity index (χ1n) is 6.69.